The van der Waals surface area contributed by atoms with Gasteiger partial charge in [-0.1, -0.05) is 17.7 Å². The van der Waals surface area contributed by atoms with Crippen LogP contribution in [0.4, 0.5) is 5.69 Å². The van der Waals surface area contributed by atoms with E-state index in [4.69, 9.17) is 26.8 Å². The quantitative estimate of drug-likeness (QED) is 0.677. The Kier molecular flexibility index (Phi) is 4.44. The molecular formula is C13H16ClNO3. The first-order valence-electron chi connectivity index (χ1n) is 6.01. The Hall–Kier alpha value is -1.26. The van der Waals surface area contributed by atoms with Crippen LogP contribution >= 0.6 is 11.6 Å². The second-order valence-corrected chi connectivity index (χ2v) is 4.70. The van der Waals surface area contributed by atoms with E-state index < -0.39 is 5.97 Å². The molecule has 5 heteroatoms. The minimum absolute atomic E-state index is 0.00288. The van der Waals surface area contributed by atoms with Gasteiger partial charge in [0.1, 0.15) is 6.61 Å². The molecule has 1 unspecified atom stereocenters. The largest absolute Gasteiger partial charge is 0.459 e. The van der Waals surface area contributed by atoms with Crippen LogP contribution < -0.4 is 5.73 Å². The normalized spacial score (nSPS) is 19.5. The van der Waals surface area contributed by atoms with E-state index in [0.29, 0.717) is 10.6 Å². The van der Waals surface area contributed by atoms with Gasteiger partial charge in [-0.3, -0.25) is 0 Å². The summed E-state index contributed by atoms with van der Waals surface area (Å²) in [7, 11) is 0. The second kappa shape index (κ2) is 6.07. The Morgan fingerprint density at radius 3 is 3.06 bits per heavy atom. The number of ether oxygens (including phenoxy) is 2. The molecule has 2 rings (SSSR count). The number of rotatable bonds is 3. The molecule has 1 heterocycles. The fraction of sp³-hybridized carbons (Fsp3) is 0.462. The van der Waals surface area contributed by atoms with E-state index >= 15 is 0 Å². The van der Waals surface area contributed by atoms with Gasteiger partial charge in [-0.2, -0.15) is 0 Å². The number of carbonyl (C=O) groups is 1. The van der Waals surface area contributed by atoms with Gasteiger partial charge in [0.2, 0.25) is 0 Å². The highest BCUT2D eigenvalue weighted by molar-refractivity contribution is 6.33. The third-order valence-corrected chi connectivity index (χ3v) is 3.28. The number of benzene rings is 1. The summed E-state index contributed by atoms with van der Waals surface area (Å²) in [4.78, 5) is 11.8. The van der Waals surface area contributed by atoms with Crippen molar-refractivity contribution in [3.63, 3.8) is 0 Å². The molecule has 18 heavy (non-hydrogen) atoms. The summed E-state index contributed by atoms with van der Waals surface area (Å²) < 4.78 is 10.7. The monoisotopic (exact) mass is 269 g/mol. The molecule has 0 saturated carbocycles. The van der Waals surface area contributed by atoms with Gasteiger partial charge in [0.15, 0.2) is 0 Å². The first-order chi connectivity index (χ1) is 8.68. The molecule has 1 saturated heterocycles. The molecule has 1 atom stereocenters. The lowest BCUT2D eigenvalue weighted by Gasteiger charge is -2.22. The number of nitrogens with two attached hydrogens (primary N) is 1. The standard InChI is InChI=1S/C13H16ClNO3/c14-11-6-3-5-10(12(11)15)13(16)18-8-9-4-1-2-7-17-9/h3,5-6,9H,1-2,4,7-8,15H2. The zero-order valence-electron chi connectivity index (χ0n) is 10.0. The molecule has 2 N–H and O–H groups in total. The zero-order chi connectivity index (χ0) is 13.0. The Morgan fingerprint density at radius 1 is 1.50 bits per heavy atom. The lowest BCUT2D eigenvalue weighted by atomic mass is 10.1. The molecule has 0 bridgehead atoms. The van der Waals surface area contributed by atoms with Gasteiger partial charge in [0.25, 0.3) is 0 Å². The average Bonchev–Trinajstić information content (AvgIpc) is 2.40. The van der Waals surface area contributed by atoms with Gasteiger partial charge in [-0.25, -0.2) is 4.79 Å². The molecule has 0 spiro atoms. The fourth-order valence-electron chi connectivity index (χ4n) is 1.90. The van der Waals surface area contributed by atoms with Crippen LogP contribution in [0.3, 0.4) is 0 Å². The summed E-state index contributed by atoms with van der Waals surface area (Å²) >= 11 is 5.85. The Balaban J connectivity index is 1.93. The molecule has 0 radical (unpaired) electrons. The number of para-hydroxylation sites is 1. The first kappa shape index (κ1) is 13.2. The second-order valence-electron chi connectivity index (χ2n) is 4.29. The van der Waals surface area contributed by atoms with E-state index in [-0.39, 0.29) is 18.4 Å². The highest BCUT2D eigenvalue weighted by atomic mass is 35.5. The summed E-state index contributed by atoms with van der Waals surface area (Å²) in [6.07, 6.45) is 3.12. The molecule has 1 aliphatic rings. The Labute approximate surface area is 111 Å². The zero-order valence-corrected chi connectivity index (χ0v) is 10.8. The van der Waals surface area contributed by atoms with Crippen molar-refractivity contribution in [2.24, 2.45) is 0 Å². The van der Waals surface area contributed by atoms with Gasteiger partial charge in [-0.15, -0.1) is 0 Å². The van der Waals surface area contributed by atoms with Crippen LogP contribution in [0.15, 0.2) is 18.2 Å². The highest BCUT2D eigenvalue weighted by Gasteiger charge is 2.18. The molecular weight excluding hydrogens is 254 g/mol. The number of carbonyl (C=O) groups excluding carboxylic acids is 1. The van der Waals surface area contributed by atoms with E-state index in [1.165, 1.54) is 0 Å². The maximum atomic E-state index is 11.8. The van der Waals surface area contributed by atoms with Crippen molar-refractivity contribution >= 4 is 23.3 Å². The molecule has 1 aromatic carbocycles. The third-order valence-electron chi connectivity index (χ3n) is 2.95. The fourth-order valence-corrected chi connectivity index (χ4v) is 2.07. The molecule has 98 valence electrons. The van der Waals surface area contributed by atoms with Crippen molar-refractivity contribution in [1.29, 1.82) is 0 Å². The minimum Gasteiger partial charge on any atom is -0.459 e. The molecule has 1 aromatic rings. The molecule has 0 amide bonds. The predicted molar refractivity (Wildman–Crippen MR) is 69.7 cm³/mol. The maximum absolute atomic E-state index is 11.8. The van der Waals surface area contributed by atoms with Gasteiger partial charge < -0.3 is 15.2 Å². The van der Waals surface area contributed by atoms with Crippen molar-refractivity contribution in [2.75, 3.05) is 18.9 Å². The third kappa shape index (κ3) is 3.15. The number of anilines is 1. The number of hydrogen-bond acceptors (Lipinski definition) is 4. The van der Waals surface area contributed by atoms with Crippen LogP contribution in [0.25, 0.3) is 0 Å². The van der Waals surface area contributed by atoms with Gasteiger partial charge >= 0.3 is 5.97 Å². The van der Waals surface area contributed by atoms with Crippen LogP contribution in [-0.4, -0.2) is 25.3 Å². The van der Waals surface area contributed by atoms with Crippen molar-refractivity contribution in [2.45, 2.75) is 25.4 Å². The summed E-state index contributed by atoms with van der Waals surface area (Å²) in [6.45, 7) is 1.01. The molecule has 4 nitrogen and oxygen atoms in total. The van der Waals surface area contributed by atoms with E-state index in [0.717, 1.165) is 25.9 Å². The first-order valence-corrected chi connectivity index (χ1v) is 6.39. The summed E-state index contributed by atoms with van der Waals surface area (Å²) in [5, 5.41) is 0.360. The number of halogens is 1. The van der Waals surface area contributed by atoms with E-state index in [1.807, 2.05) is 0 Å². The van der Waals surface area contributed by atoms with Crippen LogP contribution in [0.5, 0.6) is 0 Å². The van der Waals surface area contributed by atoms with Crippen LogP contribution in [-0.2, 0) is 9.47 Å². The number of esters is 1. The Morgan fingerprint density at radius 2 is 2.33 bits per heavy atom. The lowest BCUT2D eigenvalue weighted by molar-refractivity contribution is -0.0300. The molecule has 0 aliphatic carbocycles. The van der Waals surface area contributed by atoms with Crippen molar-refractivity contribution in [3.8, 4) is 0 Å². The number of nitrogen functional groups attached to an aromatic ring is 1. The van der Waals surface area contributed by atoms with Gasteiger partial charge in [-0.05, 0) is 31.4 Å². The van der Waals surface area contributed by atoms with Crippen LogP contribution in [0.1, 0.15) is 29.6 Å². The van der Waals surface area contributed by atoms with Gasteiger partial charge in [0, 0.05) is 6.61 Å². The smallest absolute Gasteiger partial charge is 0.340 e. The van der Waals surface area contributed by atoms with Crippen LogP contribution in [0, 0.1) is 0 Å². The predicted octanol–water partition coefficient (Wildman–Crippen LogP) is 2.65. The molecule has 1 fully saturated rings. The SMILES string of the molecule is Nc1c(Cl)cccc1C(=O)OCC1CCCCO1. The van der Waals surface area contributed by atoms with E-state index in [2.05, 4.69) is 0 Å². The van der Waals surface area contributed by atoms with Crippen molar-refractivity contribution in [3.05, 3.63) is 28.8 Å². The van der Waals surface area contributed by atoms with Crippen molar-refractivity contribution < 1.29 is 14.3 Å². The van der Waals surface area contributed by atoms with E-state index in [9.17, 15) is 4.79 Å². The van der Waals surface area contributed by atoms with Crippen molar-refractivity contribution in [1.82, 2.24) is 0 Å². The molecule has 0 aromatic heterocycles. The van der Waals surface area contributed by atoms with Gasteiger partial charge in [0.05, 0.1) is 22.4 Å². The van der Waals surface area contributed by atoms with Crippen LogP contribution in [0.2, 0.25) is 5.02 Å². The summed E-state index contributed by atoms with van der Waals surface area (Å²) in [5.74, 6) is -0.454. The highest BCUT2D eigenvalue weighted by Crippen LogP contribution is 2.23. The lowest BCUT2D eigenvalue weighted by Crippen LogP contribution is -2.26. The topological polar surface area (TPSA) is 61.6 Å². The minimum atomic E-state index is -0.454. The van der Waals surface area contributed by atoms with E-state index in [1.54, 1.807) is 18.2 Å². The Bertz CT molecular complexity index is 430. The average molecular weight is 270 g/mol. The summed E-state index contributed by atoms with van der Waals surface area (Å²) in [6, 6.07) is 4.91. The molecule has 1 aliphatic heterocycles. The number of hydrogen-bond donors (Lipinski definition) is 1. The summed E-state index contributed by atoms with van der Waals surface area (Å²) in [5.41, 5.74) is 6.29. The maximum Gasteiger partial charge on any atom is 0.340 e.